The number of nitrogens with two attached hydrogens (primary N) is 1. The third-order valence-electron chi connectivity index (χ3n) is 3.70. The van der Waals surface area contributed by atoms with Gasteiger partial charge in [-0.3, -0.25) is 4.90 Å². The van der Waals surface area contributed by atoms with Crippen LogP contribution in [0.15, 0.2) is 0 Å². The molecule has 0 radical (unpaired) electrons. The number of hydrogen-bond acceptors (Lipinski definition) is 3. The lowest BCUT2D eigenvalue weighted by molar-refractivity contribution is 0.125. The summed E-state index contributed by atoms with van der Waals surface area (Å²) in [6.45, 7) is 7.09. The van der Waals surface area contributed by atoms with Crippen LogP contribution in [0.3, 0.4) is 0 Å². The van der Waals surface area contributed by atoms with Gasteiger partial charge in [0, 0.05) is 29.6 Å². The lowest BCUT2D eigenvalue weighted by Crippen LogP contribution is -2.49. The molecule has 0 spiro atoms. The van der Waals surface area contributed by atoms with Gasteiger partial charge in [0.15, 0.2) is 0 Å². The van der Waals surface area contributed by atoms with Crippen molar-refractivity contribution in [2.45, 2.75) is 44.0 Å². The predicted molar refractivity (Wildman–Crippen MR) is 63.7 cm³/mol. The Bertz CT molecular complexity index is 198. The highest BCUT2D eigenvalue weighted by molar-refractivity contribution is 8.00. The number of thioether (sulfide) groups is 1. The normalized spacial score (nSPS) is 45.6. The maximum absolute atomic E-state index is 6.03. The molecule has 3 heteroatoms. The van der Waals surface area contributed by atoms with Crippen molar-refractivity contribution in [3.05, 3.63) is 0 Å². The van der Waals surface area contributed by atoms with Crippen LogP contribution in [0, 0.1) is 5.92 Å². The van der Waals surface area contributed by atoms with Gasteiger partial charge in [0.05, 0.1) is 0 Å². The Balaban J connectivity index is 1.87. The monoisotopic (exact) mass is 214 g/mol. The Morgan fingerprint density at radius 1 is 1.36 bits per heavy atom. The zero-order valence-electron chi connectivity index (χ0n) is 9.28. The molecule has 2 N–H and O–H groups in total. The first-order valence-corrected chi connectivity index (χ1v) is 6.83. The van der Waals surface area contributed by atoms with Crippen molar-refractivity contribution in [2.75, 3.05) is 18.8 Å². The minimum absolute atomic E-state index is 0.442. The fraction of sp³-hybridized carbons (Fsp3) is 1.00. The van der Waals surface area contributed by atoms with E-state index >= 15 is 0 Å². The van der Waals surface area contributed by atoms with Gasteiger partial charge in [-0.1, -0.05) is 13.8 Å². The van der Waals surface area contributed by atoms with Gasteiger partial charge < -0.3 is 5.73 Å². The molecular weight excluding hydrogens is 192 g/mol. The van der Waals surface area contributed by atoms with E-state index in [1.165, 1.54) is 31.7 Å². The minimum atomic E-state index is 0.442. The smallest absolute Gasteiger partial charge is 0.0197 e. The van der Waals surface area contributed by atoms with Crippen LogP contribution in [0.4, 0.5) is 0 Å². The first kappa shape index (κ1) is 10.8. The van der Waals surface area contributed by atoms with E-state index in [0.717, 1.165) is 11.3 Å². The molecule has 4 unspecified atom stereocenters. The van der Waals surface area contributed by atoms with Crippen molar-refractivity contribution in [3.8, 4) is 0 Å². The van der Waals surface area contributed by atoms with E-state index in [-0.39, 0.29) is 0 Å². The molecule has 0 aromatic rings. The highest BCUT2D eigenvalue weighted by atomic mass is 32.2. The second-order valence-electron chi connectivity index (χ2n) is 4.96. The van der Waals surface area contributed by atoms with E-state index in [9.17, 15) is 0 Å². The largest absolute Gasteiger partial charge is 0.327 e. The van der Waals surface area contributed by atoms with Crippen LogP contribution >= 0.6 is 11.8 Å². The van der Waals surface area contributed by atoms with Gasteiger partial charge in [-0.15, -0.1) is 0 Å². The van der Waals surface area contributed by atoms with Gasteiger partial charge in [0.1, 0.15) is 0 Å². The lowest BCUT2D eigenvalue weighted by atomic mass is 9.93. The van der Waals surface area contributed by atoms with E-state index in [1.54, 1.807) is 0 Å². The van der Waals surface area contributed by atoms with Crippen LogP contribution in [0.1, 0.15) is 26.7 Å². The molecule has 2 aliphatic rings. The maximum Gasteiger partial charge on any atom is 0.0197 e. The molecule has 2 saturated heterocycles. The quantitative estimate of drug-likeness (QED) is 0.718. The summed E-state index contributed by atoms with van der Waals surface area (Å²) in [6, 6.07) is 1.28. The Labute approximate surface area is 91.6 Å². The second-order valence-corrected chi connectivity index (χ2v) is 6.43. The molecule has 0 saturated carbocycles. The Hall–Kier alpha value is 0.270. The van der Waals surface area contributed by atoms with E-state index in [2.05, 4.69) is 30.5 Å². The van der Waals surface area contributed by atoms with Crippen molar-refractivity contribution in [1.82, 2.24) is 4.90 Å². The Kier molecular flexibility index (Phi) is 3.40. The van der Waals surface area contributed by atoms with Gasteiger partial charge in [-0.2, -0.15) is 11.8 Å². The van der Waals surface area contributed by atoms with Crippen LogP contribution in [-0.2, 0) is 0 Å². The van der Waals surface area contributed by atoms with Gasteiger partial charge in [0.25, 0.3) is 0 Å². The summed E-state index contributed by atoms with van der Waals surface area (Å²) in [7, 11) is 0. The molecule has 0 aliphatic carbocycles. The molecule has 2 nitrogen and oxygen atoms in total. The van der Waals surface area contributed by atoms with Crippen molar-refractivity contribution >= 4 is 11.8 Å². The van der Waals surface area contributed by atoms with Gasteiger partial charge in [0.2, 0.25) is 0 Å². The molecule has 0 aromatic carbocycles. The zero-order valence-corrected chi connectivity index (χ0v) is 10.1. The van der Waals surface area contributed by atoms with Crippen molar-refractivity contribution in [1.29, 1.82) is 0 Å². The van der Waals surface area contributed by atoms with E-state index in [0.29, 0.717) is 12.0 Å². The summed E-state index contributed by atoms with van der Waals surface area (Å²) in [6.07, 6.45) is 2.57. The molecule has 2 rings (SSSR count). The SMILES string of the molecule is CC1CC(N2CCC(N)C(C)C2)CS1. The summed E-state index contributed by atoms with van der Waals surface area (Å²) in [5.74, 6) is 2.02. The standard InChI is InChI=1S/C11H22N2S/c1-8-6-13(4-3-11(8)12)10-5-9(2)14-7-10/h8-11H,3-7,12H2,1-2H3. The average molecular weight is 214 g/mol. The Morgan fingerprint density at radius 3 is 2.71 bits per heavy atom. The topological polar surface area (TPSA) is 29.3 Å². The van der Waals surface area contributed by atoms with E-state index in [1.807, 2.05) is 0 Å². The third-order valence-corrected chi connectivity index (χ3v) is 5.04. The fourth-order valence-corrected chi connectivity index (χ4v) is 3.83. The van der Waals surface area contributed by atoms with Crippen molar-refractivity contribution < 1.29 is 0 Å². The van der Waals surface area contributed by atoms with Crippen LogP contribution in [0.5, 0.6) is 0 Å². The maximum atomic E-state index is 6.03. The number of piperidine rings is 1. The van der Waals surface area contributed by atoms with Crippen LogP contribution < -0.4 is 5.73 Å². The van der Waals surface area contributed by atoms with Gasteiger partial charge >= 0.3 is 0 Å². The molecule has 2 aliphatic heterocycles. The predicted octanol–water partition coefficient (Wildman–Crippen LogP) is 1.55. The molecule has 2 heterocycles. The highest BCUT2D eigenvalue weighted by Crippen LogP contribution is 2.31. The average Bonchev–Trinajstić information content (AvgIpc) is 2.57. The molecule has 82 valence electrons. The van der Waals surface area contributed by atoms with Crippen LogP contribution in [0.25, 0.3) is 0 Å². The van der Waals surface area contributed by atoms with Gasteiger partial charge in [-0.25, -0.2) is 0 Å². The second kappa shape index (κ2) is 4.42. The van der Waals surface area contributed by atoms with Crippen LogP contribution in [-0.4, -0.2) is 41.1 Å². The molecule has 0 amide bonds. The van der Waals surface area contributed by atoms with Crippen molar-refractivity contribution in [3.63, 3.8) is 0 Å². The summed E-state index contributed by atoms with van der Waals surface area (Å²) < 4.78 is 0. The summed E-state index contributed by atoms with van der Waals surface area (Å²) in [4.78, 5) is 2.67. The summed E-state index contributed by atoms with van der Waals surface area (Å²) >= 11 is 2.13. The first-order chi connectivity index (χ1) is 6.66. The number of hydrogen-bond donors (Lipinski definition) is 1. The Morgan fingerprint density at radius 2 is 2.14 bits per heavy atom. The summed E-state index contributed by atoms with van der Waals surface area (Å²) in [5.41, 5.74) is 6.03. The minimum Gasteiger partial charge on any atom is -0.327 e. The molecule has 4 atom stereocenters. The first-order valence-electron chi connectivity index (χ1n) is 5.78. The molecular formula is C11H22N2S. The highest BCUT2D eigenvalue weighted by Gasteiger charge is 2.31. The molecule has 0 bridgehead atoms. The van der Waals surface area contributed by atoms with Crippen molar-refractivity contribution in [2.24, 2.45) is 11.7 Å². The zero-order chi connectivity index (χ0) is 10.1. The van der Waals surface area contributed by atoms with E-state index < -0.39 is 0 Å². The van der Waals surface area contributed by atoms with Gasteiger partial charge in [-0.05, 0) is 25.3 Å². The number of rotatable bonds is 1. The van der Waals surface area contributed by atoms with E-state index in [4.69, 9.17) is 5.73 Å². The molecule has 0 aromatic heterocycles. The molecule has 14 heavy (non-hydrogen) atoms. The third kappa shape index (κ3) is 2.26. The number of likely N-dealkylation sites (tertiary alicyclic amines) is 1. The fourth-order valence-electron chi connectivity index (χ4n) is 2.58. The number of nitrogens with zero attached hydrogens (tertiary/aromatic N) is 1. The summed E-state index contributed by atoms with van der Waals surface area (Å²) in [5, 5.41) is 0.867. The molecule has 2 fully saturated rings. The lowest BCUT2D eigenvalue weighted by Gasteiger charge is -2.38. The van der Waals surface area contributed by atoms with Crippen LogP contribution in [0.2, 0.25) is 0 Å².